The normalized spacial score (nSPS) is 11.4. The summed E-state index contributed by atoms with van der Waals surface area (Å²) in [4.78, 5) is 0.155. The maximum atomic E-state index is 11.9. The fourth-order valence-corrected chi connectivity index (χ4v) is 2.50. The van der Waals surface area contributed by atoms with E-state index in [9.17, 15) is 8.42 Å². The number of benzene rings is 2. The molecule has 0 unspecified atom stereocenters. The van der Waals surface area contributed by atoms with Crippen LogP contribution in [0.4, 0.5) is 0 Å². The van der Waals surface area contributed by atoms with Crippen molar-refractivity contribution in [2.75, 3.05) is 0 Å². The second-order valence-electron chi connectivity index (χ2n) is 3.70. The lowest BCUT2D eigenvalue weighted by Crippen LogP contribution is -2.16. The Morgan fingerprint density at radius 3 is 2.17 bits per heavy atom. The van der Waals surface area contributed by atoms with Crippen molar-refractivity contribution in [2.45, 2.75) is 11.4 Å². The maximum absolute atomic E-state index is 11.9. The van der Waals surface area contributed by atoms with Crippen molar-refractivity contribution in [1.29, 1.82) is 0 Å². The van der Waals surface area contributed by atoms with Gasteiger partial charge >= 0.3 is 0 Å². The fraction of sp³-hybridized carbons (Fsp3) is 0.0769. The van der Waals surface area contributed by atoms with Gasteiger partial charge in [-0.05, 0) is 29.8 Å². The summed E-state index contributed by atoms with van der Waals surface area (Å²) >= 11 is 5.71. The molecule has 93 valence electrons. The SMILES string of the molecule is O=S(=O)([N]Cc1ccccc1)c1ccc(Cl)cc1. The first-order chi connectivity index (χ1) is 8.58. The largest absolute Gasteiger partial charge is 0.257 e. The summed E-state index contributed by atoms with van der Waals surface area (Å²) in [6.07, 6.45) is 0. The summed E-state index contributed by atoms with van der Waals surface area (Å²) in [7, 11) is -3.61. The van der Waals surface area contributed by atoms with Gasteiger partial charge in [-0.15, -0.1) is 4.72 Å². The Kier molecular flexibility index (Phi) is 4.01. The minimum absolute atomic E-state index is 0.145. The first-order valence-electron chi connectivity index (χ1n) is 5.31. The van der Waals surface area contributed by atoms with Gasteiger partial charge in [-0.1, -0.05) is 41.9 Å². The van der Waals surface area contributed by atoms with Crippen LogP contribution in [-0.4, -0.2) is 8.42 Å². The van der Waals surface area contributed by atoms with E-state index in [0.29, 0.717) is 5.02 Å². The van der Waals surface area contributed by atoms with E-state index in [1.807, 2.05) is 30.3 Å². The molecule has 2 aromatic rings. The van der Waals surface area contributed by atoms with E-state index in [1.54, 1.807) is 0 Å². The third kappa shape index (κ3) is 3.32. The van der Waals surface area contributed by atoms with Crippen LogP contribution in [0.5, 0.6) is 0 Å². The molecule has 0 heterocycles. The molecule has 0 bridgehead atoms. The predicted octanol–water partition coefficient (Wildman–Crippen LogP) is 2.83. The molecule has 18 heavy (non-hydrogen) atoms. The van der Waals surface area contributed by atoms with Gasteiger partial charge < -0.3 is 0 Å². The van der Waals surface area contributed by atoms with Gasteiger partial charge in [0.25, 0.3) is 10.0 Å². The molecule has 0 aliphatic heterocycles. The number of nitrogens with zero attached hydrogens (tertiary/aromatic N) is 1. The summed E-state index contributed by atoms with van der Waals surface area (Å²) in [5.41, 5.74) is 0.857. The van der Waals surface area contributed by atoms with E-state index in [1.165, 1.54) is 24.3 Å². The van der Waals surface area contributed by atoms with Crippen molar-refractivity contribution >= 4 is 21.6 Å². The van der Waals surface area contributed by atoms with Crippen LogP contribution in [0.15, 0.2) is 59.5 Å². The van der Waals surface area contributed by atoms with Crippen molar-refractivity contribution in [3.63, 3.8) is 0 Å². The number of hydrogen-bond donors (Lipinski definition) is 0. The Balaban J connectivity index is 2.11. The van der Waals surface area contributed by atoms with E-state index in [2.05, 4.69) is 4.72 Å². The van der Waals surface area contributed by atoms with E-state index >= 15 is 0 Å². The molecule has 0 N–H and O–H groups in total. The minimum Gasteiger partial charge on any atom is -0.206 e. The monoisotopic (exact) mass is 280 g/mol. The third-order valence-corrected chi connectivity index (χ3v) is 3.96. The number of halogens is 1. The standard InChI is InChI=1S/C13H11ClNO2S/c14-12-6-8-13(9-7-12)18(16,17)15-10-11-4-2-1-3-5-11/h1-9H,10H2. The molecule has 5 heteroatoms. The highest BCUT2D eigenvalue weighted by Crippen LogP contribution is 2.15. The summed E-state index contributed by atoms with van der Waals surface area (Å²) in [6.45, 7) is 0.145. The Labute approximate surface area is 111 Å². The zero-order valence-electron chi connectivity index (χ0n) is 9.45. The Morgan fingerprint density at radius 1 is 0.944 bits per heavy atom. The quantitative estimate of drug-likeness (QED) is 0.865. The van der Waals surface area contributed by atoms with Gasteiger partial charge in [0, 0.05) is 5.02 Å². The summed E-state index contributed by atoms with van der Waals surface area (Å²) in [5.74, 6) is 0. The van der Waals surface area contributed by atoms with Crippen LogP contribution in [0.2, 0.25) is 5.02 Å². The Morgan fingerprint density at radius 2 is 1.56 bits per heavy atom. The lowest BCUT2D eigenvalue weighted by Gasteiger charge is -2.04. The molecule has 0 fully saturated rings. The van der Waals surface area contributed by atoms with Crippen molar-refractivity contribution < 1.29 is 8.42 Å². The van der Waals surface area contributed by atoms with Crippen LogP contribution in [-0.2, 0) is 16.6 Å². The predicted molar refractivity (Wildman–Crippen MR) is 70.9 cm³/mol. The van der Waals surface area contributed by atoms with E-state index < -0.39 is 10.0 Å². The summed E-state index contributed by atoms with van der Waals surface area (Å²) in [6, 6.07) is 15.2. The highest BCUT2D eigenvalue weighted by molar-refractivity contribution is 7.89. The molecule has 0 spiro atoms. The number of rotatable bonds is 4. The van der Waals surface area contributed by atoms with E-state index in [-0.39, 0.29) is 11.4 Å². The molecule has 0 aliphatic rings. The average molecular weight is 281 g/mol. The van der Waals surface area contributed by atoms with Crippen molar-refractivity contribution in [1.82, 2.24) is 4.72 Å². The lowest BCUT2D eigenvalue weighted by molar-refractivity contribution is 0.579. The van der Waals surface area contributed by atoms with Gasteiger partial charge in [-0.2, -0.15) is 0 Å². The molecule has 0 aliphatic carbocycles. The van der Waals surface area contributed by atoms with Crippen molar-refractivity contribution in [2.24, 2.45) is 0 Å². The molecule has 0 atom stereocenters. The molecule has 3 nitrogen and oxygen atoms in total. The Bertz CT molecular complexity index is 609. The van der Waals surface area contributed by atoms with Gasteiger partial charge in [-0.25, -0.2) is 8.42 Å². The summed E-state index contributed by atoms with van der Waals surface area (Å²) < 4.78 is 27.6. The zero-order valence-corrected chi connectivity index (χ0v) is 11.0. The van der Waals surface area contributed by atoms with Crippen LogP contribution in [0.1, 0.15) is 5.56 Å². The van der Waals surface area contributed by atoms with Gasteiger partial charge in [0.15, 0.2) is 0 Å². The molecule has 1 radical (unpaired) electrons. The molecule has 2 rings (SSSR count). The first-order valence-corrected chi connectivity index (χ1v) is 7.13. The topological polar surface area (TPSA) is 48.2 Å². The van der Waals surface area contributed by atoms with Crippen LogP contribution >= 0.6 is 11.6 Å². The smallest absolute Gasteiger partial charge is 0.206 e. The van der Waals surface area contributed by atoms with E-state index in [4.69, 9.17) is 11.6 Å². The average Bonchev–Trinajstić information content (AvgIpc) is 2.38. The zero-order chi connectivity index (χ0) is 13.0. The van der Waals surface area contributed by atoms with Crippen molar-refractivity contribution in [3.05, 3.63) is 65.2 Å². The van der Waals surface area contributed by atoms with Gasteiger partial charge in [0.05, 0.1) is 11.4 Å². The molecule has 2 aromatic carbocycles. The second kappa shape index (κ2) is 5.52. The molecule has 0 saturated carbocycles. The number of hydrogen-bond acceptors (Lipinski definition) is 2. The fourth-order valence-electron chi connectivity index (χ4n) is 1.42. The second-order valence-corrected chi connectivity index (χ2v) is 5.82. The van der Waals surface area contributed by atoms with Crippen LogP contribution in [0.3, 0.4) is 0 Å². The molecule has 0 amide bonds. The van der Waals surface area contributed by atoms with Crippen LogP contribution in [0, 0.1) is 0 Å². The van der Waals surface area contributed by atoms with Gasteiger partial charge in [-0.3, -0.25) is 0 Å². The molecule has 0 saturated heterocycles. The number of sulfonamides is 1. The van der Waals surface area contributed by atoms with E-state index in [0.717, 1.165) is 5.56 Å². The molecular formula is C13H11ClNO2S. The maximum Gasteiger partial charge on any atom is 0.257 e. The van der Waals surface area contributed by atoms with Crippen LogP contribution < -0.4 is 4.72 Å². The lowest BCUT2D eigenvalue weighted by atomic mass is 10.2. The molecule has 0 aromatic heterocycles. The minimum atomic E-state index is -3.61. The molecular weight excluding hydrogens is 270 g/mol. The highest BCUT2D eigenvalue weighted by atomic mass is 35.5. The first kappa shape index (κ1) is 13.1. The summed E-state index contributed by atoms with van der Waals surface area (Å²) in [5, 5.41) is 0.497. The highest BCUT2D eigenvalue weighted by Gasteiger charge is 2.14. The van der Waals surface area contributed by atoms with Gasteiger partial charge in [0.1, 0.15) is 0 Å². The third-order valence-electron chi connectivity index (χ3n) is 2.37. The van der Waals surface area contributed by atoms with Crippen LogP contribution in [0.25, 0.3) is 0 Å². The Hall–Kier alpha value is -1.36. The van der Waals surface area contributed by atoms with Gasteiger partial charge in [0.2, 0.25) is 0 Å². The van der Waals surface area contributed by atoms with Crippen molar-refractivity contribution in [3.8, 4) is 0 Å².